The number of nitrogens with one attached hydrogen (secondary N) is 2. The van der Waals surface area contributed by atoms with Gasteiger partial charge in [0.05, 0.1) is 18.8 Å². The van der Waals surface area contributed by atoms with Crippen LogP contribution in [0.2, 0.25) is 0 Å². The van der Waals surface area contributed by atoms with Gasteiger partial charge in [0.1, 0.15) is 17.4 Å². The van der Waals surface area contributed by atoms with Crippen LogP contribution in [0.5, 0.6) is 0 Å². The summed E-state index contributed by atoms with van der Waals surface area (Å²) >= 11 is 0. The molecule has 12 rings (SSSR count). The van der Waals surface area contributed by atoms with Crippen LogP contribution in [-0.4, -0.2) is 43.1 Å². The lowest BCUT2D eigenvalue weighted by atomic mass is 9.53. The topological polar surface area (TPSA) is 137 Å². The van der Waals surface area contributed by atoms with Crippen LogP contribution in [0.15, 0.2) is 13.6 Å². The van der Waals surface area contributed by atoms with E-state index in [0.717, 1.165) is 90.2 Å². The second-order valence-corrected chi connectivity index (χ2v) is 16.4. The molecule has 0 amide bonds. The average Bonchev–Trinajstić information content (AvgIpc) is 3.83. The first-order chi connectivity index (χ1) is 22.4. The van der Waals surface area contributed by atoms with Gasteiger partial charge < -0.3 is 28.9 Å². The van der Waals surface area contributed by atoms with Gasteiger partial charge in [0.2, 0.25) is 0 Å². The Morgan fingerprint density at radius 2 is 1.17 bits per heavy atom. The van der Waals surface area contributed by atoms with Gasteiger partial charge in [0.25, 0.3) is 11.8 Å². The normalized spacial score (nSPS) is 38.4. The molecule has 46 heavy (non-hydrogen) atoms. The number of hydrogen-bond acceptors (Lipinski definition) is 11. The first-order valence-corrected chi connectivity index (χ1v) is 18.1. The van der Waals surface area contributed by atoms with Crippen LogP contribution >= 0.6 is 0 Å². The Bertz CT molecular complexity index is 1450. The highest BCUT2D eigenvalue weighted by Gasteiger charge is 2.51. The zero-order valence-electron chi connectivity index (χ0n) is 27.4. The second-order valence-electron chi connectivity index (χ2n) is 16.4. The van der Waals surface area contributed by atoms with Crippen molar-refractivity contribution in [3.8, 4) is 11.5 Å². The fourth-order valence-corrected chi connectivity index (χ4v) is 11.6. The molecular formula is C35H49N7O4. The molecule has 0 aromatic carbocycles. The lowest BCUT2D eigenvalue weighted by Gasteiger charge is -2.57. The van der Waals surface area contributed by atoms with E-state index in [-0.39, 0.29) is 6.10 Å². The third kappa shape index (κ3) is 5.64. The highest BCUT2D eigenvalue weighted by atomic mass is 16.5. The van der Waals surface area contributed by atoms with Crippen molar-refractivity contribution in [2.24, 2.45) is 35.5 Å². The summed E-state index contributed by atoms with van der Waals surface area (Å²) in [5, 5.41) is 19.9. The fraction of sp³-hybridized carbons (Fsp3) is 0.800. The largest absolute Gasteiger partial charge is 0.368 e. The molecule has 11 heteroatoms. The molecule has 9 fully saturated rings. The van der Waals surface area contributed by atoms with Crippen LogP contribution in [0.25, 0.3) is 11.5 Å². The predicted molar refractivity (Wildman–Crippen MR) is 167 cm³/mol. The van der Waals surface area contributed by atoms with Crippen molar-refractivity contribution < 1.29 is 18.3 Å². The second kappa shape index (κ2) is 11.5. The van der Waals surface area contributed by atoms with Crippen molar-refractivity contribution in [2.75, 3.05) is 6.61 Å². The minimum atomic E-state index is 0.0285. The van der Waals surface area contributed by atoms with E-state index in [1.165, 1.54) is 77.0 Å². The smallest absolute Gasteiger partial charge is 0.263 e. The van der Waals surface area contributed by atoms with Gasteiger partial charge in [-0.3, -0.25) is 0 Å². The quantitative estimate of drug-likeness (QED) is 0.286. The van der Waals surface area contributed by atoms with E-state index in [1.807, 2.05) is 13.8 Å². The van der Waals surface area contributed by atoms with Gasteiger partial charge in [-0.25, -0.2) is 0 Å². The number of rotatable bonds is 8. The molecule has 11 nitrogen and oxygen atoms in total. The zero-order valence-corrected chi connectivity index (χ0v) is 27.4. The molecule has 1 saturated heterocycles. The van der Waals surface area contributed by atoms with E-state index in [1.54, 1.807) is 0 Å². The standard InChI is InChI=1S/C18H24N4O2.C17H25N3O2/c1-10-16(11(2)23-21-10)17-20-15(22-24-17)9-19-18-6-12-3-13(7-18)5-14(4-12)8-18;1-2-14(21-3-1)16-19-15(20-22-16)10-18-17-7-11-4-12(8-17)6-13(5-11)9-17/h12-14,19H,3-9H2,1-2H3;11-14,18H,1-10H2. The summed E-state index contributed by atoms with van der Waals surface area (Å²) < 4.78 is 21.6. The van der Waals surface area contributed by atoms with Gasteiger partial charge in [-0.15, -0.1) is 0 Å². The summed E-state index contributed by atoms with van der Waals surface area (Å²) in [6.07, 6.45) is 19.0. The monoisotopic (exact) mass is 631 g/mol. The SMILES string of the molecule is C1COC(c2nc(CNC34CC5CC(CC(C5)C3)C4)no2)C1.Cc1noc(C)c1-c1nc(CNC23CC4CC(CC(C4)C2)C3)no1. The predicted octanol–water partition coefficient (Wildman–Crippen LogP) is 6.38. The maximum absolute atomic E-state index is 5.61. The highest BCUT2D eigenvalue weighted by Crippen LogP contribution is 2.56. The maximum Gasteiger partial charge on any atom is 0.263 e. The van der Waals surface area contributed by atoms with Crippen molar-refractivity contribution >= 4 is 0 Å². The van der Waals surface area contributed by atoms with E-state index in [2.05, 4.69) is 36.1 Å². The fourth-order valence-electron chi connectivity index (χ4n) is 11.6. The summed E-state index contributed by atoms with van der Waals surface area (Å²) in [6.45, 7) is 5.99. The average molecular weight is 632 g/mol. The summed E-state index contributed by atoms with van der Waals surface area (Å²) in [5.41, 5.74) is 2.29. The van der Waals surface area contributed by atoms with Crippen molar-refractivity contribution in [3.05, 3.63) is 29.0 Å². The molecule has 8 saturated carbocycles. The van der Waals surface area contributed by atoms with E-state index in [4.69, 9.17) is 18.3 Å². The zero-order chi connectivity index (χ0) is 30.9. The molecule has 0 radical (unpaired) electrons. The summed E-state index contributed by atoms with van der Waals surface area (Å²) in [4.78, 5) is 9.10. The van der Waals surface area contributed by atoms with Crippen LogP contribution < -0.4 is 10.6 Å². The Morgan fingerprint density at radius 1 is 0.652 bits per heavy atom. The van der Waals surface area contributed by atoms with Crippen molar-refractivity contribution in [1.82, 2.24) is 36.1 Å². The van der Waals surface area contributed by atoms with Crippen LogP contribution in [0, 0.1) is 49.4 Å². The van der Waals surface area contributed by atoms with Gasteiger partial charge in [-0.1, -0.05) is 15.5 Å². The number of aryl methyl sites for hydroxylation is 2. The van der Waals surface area contributed by atoms with Crippen LogP contribution in [0.1, 0.15) is 125 Å². The van der Waals surface area contributed by atoms with Gasteiger partial charge >= 0.3 is 0 Å². The van der Waals surface area contributed by atoms with E-state index in [0.29, 0.717) is 29.4 Å². The molecule has 3 aromatic heterocycles. The molecule has 8 aliphatic carbocycles. The summed E-state index contributed by atoms with van der Waals surface area (Å²) in [6, 6.07) is 0. The molecule has 2 N–H and O–H groups in total. The first-order valence-electron chi connectivity index (χ1n) is 18.1. The van der Waals surface area contributed by atoms with E-state index in [9.17, 15) is 0 Å². The molecule has 1 aliphatic heterocycles. The molecule has 1 unspecified atom stereocenters. The van der Waals surface area contributed by atoms with Crippen LogP contribution in [0.3, 0.4) is 0 Å². The number of hydrogen-bond donors (Lipinski definition) is 2. The first kappa shape index (κ1) is 29.5. The minimum absolute atomic E-state index is 0.0285. The van der Waals surface area contributed by atoms with Crippen molar-refractivity contribution in [3.63, 3.8) is 0 Å². The van der Waals surface area contributed by atoms with Gasteiger partial charge in [-0.05, 0) is 139 Å². The number of ether oxygens (including phenoxy) is 1. The Kier molecular flexibility index (Phi) is 7.38. The third-order valence-electron chi connectivity index (χ3n) is 12.7. The minimum Gasteiger partial charge on any atom is -0.368 e. The molecule has 3 aromatic rings. The van der Waals surface area contributed by atoms with Crippen molar-refractivity contribution in [2.45, 2.75) is 134 Å². The Hall–Kier alpha value is -2.63. The van der Waals surface area contributed by atoms with E-state index < -0.39 is 0 Å². The molecule has 4 heterocycles. The van der Waals surface area contributed by atoms with Crippen molar-refractivity contribution in [1.29, 1.82) is 0 Å². The molecule has 1 atom stereocenters. The van der Waals surface area contributed by atoms with Crippen LogP contribution in [0.4, 0.5) is 0 Å². The number of nitrogens with zero attached hydrogens (tertiary/aromatic N) is 5. The van der Waals surface area contributed by atoms with Gasteiger partial charge in [0, 0.05) is 17.7 Å². The van der Waals surface area contributed by atoms with E-state index >= 15 is 0 Å². The highest BCUT2D eigenvalue weighted by molar-refractivity contribution is 5.57. The molecular weight excluding hydrogens is 582 g/mol. The third-order valence-corrected chi connectivity index (χ3v) is 12.7. The molecule has 9 aliphatic rings. The molecule has 0 spiro atoms. The molecule has 248 valence electrons. The molecule has 8 bridgehead atoms. The summed E-state index contributed by atoms with van der Waals surface area (Å²) in [7, 11) is 0. The lowest BCUT2D eigenvalue weighted by Crippen LogP contribution is -2.58. The Morgan fingerprint density at radius 3 is 1.65 bits per heavy atom. The number of aromatic nitrogens is 5. The van der Waals surface area contributed by atoms with Gasteiger partial charge in [0.15, 0.2) is 11.6 Å². The Labute approximate surface area is 270 Å². The Balaban J connectivity index is 0.000000127. The van der Waals surface area contributed by atoms with Crippen LogP contribution in [-0.2, 0) is 17.8 Å². The lowest BCUT2D eigenvalue weighted by molar-refractivity contribution is -0.0211. The summed E-state index contributed by atoms with van der Waals surface area (Å²) in [5.74, 6) is 9.11. The van der Waals surface area contributed by atoms with Gasteiger partial charge in [-0.2, -0.15) is 9.97 Å². The maximum atomic E-state index is 5.61.